The number of nitrogens with zero attached hydrogens (tertiary/aromatic N) is 1. The number of carbonyl (C=O) groups is 2. The van der Waals surface area contributed by atoms with Crippen molar-refractivity contribution in [3.8, 4) is 0 Å². The lowest BCUT2D eigenvalue weighted by Gasteiger charge is -2.14. The quantitative estimate of drug-likeness (QED) is 0.871. The van der Waals surface area contributed by atoms with E-state index in [1.165, 1.54) is 6.20 Å². The van der Waals surface area contributed by atoms with Gasteiger partial charge < -0.3 is 10.4 Å². The summed E-state index contributed by atoms with van der Waals surface area (Å²) in [6.45, 7) is 0. The molecular formula is C14H12N2O3. The van der Waals surface area contributed by atoms with Crippen LogP contribution in [0, 0.1) is 0 Å². The largest absolute Gasteiger partial charge is 0.479 e. The summed E-state index contributed by atoms with van der Waals surface area (Å²) in [4.78, 5) is 27.0. The van der Waals surface area contributed by atoms with Crippen LogP contribution < -0.4 is 5.32 Å². The monoisotopic (exact) mass is 256 g/mol. The van der Waals surface area contributed by atoms with Crippen molar-refractivity contribution in [3.63, 3.8) is 0 Å². The normalized spacial score (nSPS) is 11.6. The van der Waals surface area contributed by atoms with Crippen molar-refractivity contribution in [2.75, 3.05) is 0 Å². The average Bonchev–Trinajstić information content (AvgIpc) is 2.46. The summed E-state index contributed by atoms with van der Waals surface area (Å²) >= 11 is 0. The van der Waals surface area contributed by atoms with E-state index in [2.05, 4.69) is 10.3 Å². The third kappa shape index (κ3) is 3.16. The smallest absolute Gasteiger partial charge is 0.330 e. The maximum atomic E-state index is 11.9. The van der Waals surface area contributed by atoms with Crippen molar-refractivity contribution in [1.82, 2.24) is 10.3 Å². The van der Waals surface area contributed by atoms with E-state index in [0.717, 1.165) is 0 Å². The number of carboxylic acid groups (broad SMARTS) is 1. The second-order valence-electron chi connectivity index (χ2n) is 3.90. The van der Waals surface area contributed by atoms with Crippen LogP contribution in [0.2, 0.25) is 0 Å². The summed E-state index contributed by atoms with van der Waals surface area (Å²) in [5.74, 6) is -1.56. The number of nitrogens with one attached hydrogen (secondary N) is 1. The van der Waals surface area contributed by atoms with Crippen LogP contribution in [0.1, 0.15) is 22.0 Å². The van der Waals surface area contributed by atoms with E-state index in [9.17, 15) is 14.7 Å². The van der Waals surface area contributed by atoms with Gasteiger partial charge in [0.15, 0.2) is 6.04 Å². The predicted molar refractivity (Wildman–Crippen MR) is 68.5 cm³/mol. The number of aromatic nitrogens is 1. The zero-order chi connectivity index (χ0) is 13.7. The third-order valence-electron chi connectivity index (χ3n) is 2.58. The van der Waals surface area contributed by atoms with Crippen molar-refractivity contribution in [3.05, 3.63) is 66.0 Å². The van der Waals surface area contributed by atoms with Crippen LogP contribution in [0.25, 0.3) is 0 Å². The SMILES string of the molecule is O=C(NC(C(=O)O)c1cccnc1)c1ccccc1. The molecule has 19 heavy (non-hydrogen) atoms. The maximum Gasteiger partial charge on any atom is 0.330 e. The van der Waals surface area contributed by atoms with Crippen LogP contribution in [0.4, 0.5) is 0 Å². The molecule has 2 rings (SSSR count). The minimum Gasteiger partial charge on any atom is -0.479 e. The Kier molecular flexibility index (Phi) is 3.87. The number of pyridine rings is 1. The number of carboxylic acids is 1. The second kappa shape index (κ2) is 5.77. The molecule has 0 aliphatic rings. The molecule has 0 aliphatic carbocycles. The molecule has 1 aromatic carbocycles. The van der Waals surface area contributed by atoms with Gasteiger partial charge in [-0.1, -0.05) is 24.3 Å². The van der Waals surface area contributed by atoms with Gasteiger partial charge in [0.2, 0.25) is 0 Å². The Labute approximate surface area is 109 Å². The van der Waals surface area contributed by atoms with Crippen LogP contribution in [0.3, 0.4) is 0 Å². The van der Waals surface area contributed by atoms with E-state index < -0.39 is 17.9 Å². The topological polar surface area (TPSA) is 79.3 Å². The van der Waals surface area contributed by atoms with Gasteiger partial charge in [-0.3, -0.25) is 9.78 Å². The Morgan fingerprint density at radius 2 is 1.84 bits per heavy atom. The van der Waals surface area contributed by atoms with Crippen molar-refractivity contribution in [2.45, 2.75) is 6.04 Å². The van der Waals surface area contributed by atoms with Crippen LogP contribution in [0.15, 0.2) is 54.9 Å². The number of hydrogen-bond donors (Lipinski definition) is 2. The Balaban J connectivity index is 2.19. The molecular weight excluding hydrogens is 244 g/mol. The molecule has 0 fully saturated rings. The first kappa shape index (κ1) is 12.8. The van der Waals surface area contributed by atoms with Crippen LogP contribution >= 0.6 is 0 Å². The molecule has 5 heteroatoms. The molecule has 1 aromatic heterocycles. The van der Waals surface area contributed by atoms with E-state index in [1.54, 1.807) is 48.7 Å². The van der Waals surface area contributed by atoms with E-state index in [4.69, 9.17) is 0 Å². The fourth-order valence-electron chi connectivity index (χ4n) is 1.64. The molecule has 96 valence electrons. The Morgan fingerprint density at radius 1 is 1.11 bits per heavy atom. The number of aliphatic carboxylic acids is 1. The molecule has 0 bridgehead atoms. The second-order valence-corrected chi connectivity index (χ2v) is 3.90. The fourth-order valence-corrected chi connectivity index (χ4v) is 1.64. The molecule has 0 radical (unpaired) electrons. The summed E-state index contributed by atoms with van der Waals surface area (Å²) in [6, 6.07) is 10.6. The van der Waals surface area contributed by atoms with Gasteiger partial charge in [-0.15, -0.1) is 0 Å². The van der Waals surface area contributed by atoms with Crippen molar-refractivity contribution < 1.29 is 14.7 Å². The van der Waals surface area contributed by atoms with E-state index >= 15 is 0 Å². The molecule has 5 nitrogen and oxygen atoms in total. The van der Waals surface area contributed by atoms with Crippen LogP contribution in [-0.2, 0) is 4.79 Å². The lowest BCUT2D eigenvalue weighted by Crippen LogP contribution is -2.33. The molecule has 0 aliphatic heterocycles. The van der Waals surface area contributed by atoms with E-state index in [0.29, 0.717) is 11.1 Å². The number of amides is 1. The number of carbonyl (C=O) groups excluding carboxylic acids is 1. The summed E-state index contributed by atoms with van der Waals surface area (Å²) < 4.78 is 0. The van der Waals surface area contributed by atoms with Crippen LogP contribution in [0.5, 0.6) is 0 Å². The third-order valence-corrected chi connectivity index (χ3v) is 2.58. The Bertz CT molecular complexity index is 570. The van der Waals surface area contributed by atoms with Crippen molar-refractivity contribution in [2.24, 2.45) is 0 Å². The van der Waals surface area contributed by atoms with Gasteiger partial charge in [0.1, 0.15) is 0 Å². The highest BCUT2D eigenvalue weighted by atomic mass is 16.4. The summed E-state index contributed by atoms with van der Waals surface area (Å²) in [6.07, 6.45) is 2.96. The molecule has 1 unspecified atom stereocenters. The molecule has 2 N–H and O–H groups in total. The number of rotatable bonds is 4. The summed E-state index contributed by atoms with van der Waals surface area (Å²) in [5.41, 5.74) is 0.844. The first-order valence-electron chi connectivity index (χ1n) is 5.67. The lowest BCUT2D eigenvalue weighted by atomic mass is 10.1. The predicted octanol–water partition coefficient (Wildman–Crippen LogP) is 1.64. The number of hydrogen-bond acceptors (Lipinski definition) is 3. The lowest BCUT2D eigenvalue weighted by molar-refractivity contribution is -0.139. The molecule has 1 atom stereocenters. The molecule has 1 amide bonds. The van der Waals surface area contributed by atoms with Gasteiger partial charge in [-0.25, -0.2) is 4.79 Å². The van der Waals surface area contributed by atoms with Gasteiger partial charge >= 0.3 is 5.97 Å². The first-order valence-corrected chi connectivity index (χ1v) is 5.67. The molecule has 0 saturated carbocycles. The van der Waals surface area contributed by atoms with Gasteiger partial charge in [0.25, 0.3) is 5.91 Å². The Hall–Kier alpha value is -2.69. The minimum atomic E-state index is -1.13. The van der Waals surface area contributed by atoms with Crippen LogP contribution in [-0.4, -0.2) is 22.0 Å². The Morgan fingerprint density at radius 3 is 2.42 bits per heavy atom. The highest BCUT2D eigenvalue weighted by molar-refractivity contribution is 5.96. The zero-order valence-corrected chi connectivity index (χ0v) is 9.98. The molecule has 1 heterocycles. The molecule has 0 saturated heterocycles. The zero-order valence-electron chi connectivity index (χ0n) is 9.98. The number of benzene rings is 1. The fraction of sp³-hybridized carbons (Fsp3) is 0.0714. The van der Waals surface area contributed by atoms with Crippen molar-refractivity contribution >= 4 is 11.9 Å². The highest BCUT2D eigenvalue weighted by Gasteiger charge is 2.22. The van der Waals surface area contributed by atoms with Gasteiger partial charge in [-0.2, -0.15) is 0 Å². The maximum absolute atomic E-state index is 11.9. The van der Waals surface area contributed by atoms with E-state index in [-0.39, 0.29) is 0 Å². The average molecular weight is 256 g/mol. The minimum absolute atomic E-state index is 0.414. The summed E-state index contributed by atoms with van der Waals surface area (Å²) in [7, 11) is 0. The van der Waals surface area contributed by atoms with Crippen molar-refractivity contribution in [1.29, 1.82) is 0 Å². The van der Waals surface area contributed by atoms with Gasteiger partial charge in [0.05, 0.1) is 0 Å². The summed E-state index contributed by atoms with van der Waals surface area (Å²) in [5, 5.41) is 11.7. The van der Waals surface area contributed by atoms with Gasteiger partial charge in [0, 0.05) is 23.5 Å². The molecule has 0 spiro atoms. The van der Waals surface area contributed by atoms with E-state index in [1.807, 2.05) is 0 Å². The first-order chi connectivity index (χ1) is 9.18. The highest BCUT2D eigenvalue weighted by Crippen LogP contribution is 2.12. The molecule has 2 aromatic rings. The van der Waals surface area contributed by atoms with Gasteiger partial charge in [-0.05, 0) is 18.2 Å². The standard InChI is InChI=1S/C14H12N2O3/c17-13(10-5-2-1-3-6-10)16-12(14(18)19)11-7-4-8-15-9-11/h1-9,12H,(H,16,17)(H,18,19).